The van der Waals surface area contributed by atoms with Crippen LogP contribution in [0.5, 0.6) is 11.5 Å². The van der Waals surface area contributed by atoms with E-state index in [1.807, 2.05) is 18.2 Å². The highest BCUT2D eigenvalue weighted by Gasteiger charge is 2.10. The minimum Gasteiger partial charge on any atom is -0.497 e. The van der Waals surface area contributed by atoms with Gasteiger partial charge >= 0.3 is 0 Å². The number of hydrogen-bond acceptors (Lipinski definition) is 2. The lowest BCUT2D eigenvalue weighted by Crippen LogP contribution is -2.03. The second-order valence-electron chi connectivity index (χ2n) is 3.06. The SMILES string of the molecule is COc1ccc2c(c1)OCC=C2C. The summed E-state index contributed by atoms with van der Waals surface area (Å²) in [6.07, 6.45) is 2.08. The first kappa shape index (κ1) is 8.17. The summed E-state index contributed by atoms with van der Waals surface area (Å²) in [5.41, 5.74) is 2.43. The number of hydrogen-bond donors (Lipinski definition) is 0. The van der Waals surface area contributed by atoms with Crippen LogP contribution in [0, 0.1) is 0 Å². The fraction of sp³-hybridized carbons (Fsp3) is 0.273. The molecule has 0 amide bonds. The van der Waals surface area contributed by atoms with Gasteiger partial charge in [0.1, 0.15) is 18.1 Å². The standard InChI is InChI=1S/C11H12O2/c1-8-5-6-13-11-7-9(12-2)3-4-10(8)11/h3-5,7H,6H2,1-2H3. The molecule has 2 heteroatoms. The van der Waals surface area contributed by atoms with Crippen molar-refractivity contribution in [1.29, 1.82) is 0 Å². The van der Waals surface area contributed by atoms with E-state index in [0.717, 1.165) is 17.1 Å². The summed E-state index contributed by atoms with van der Waals surface area (Å²) in [6, 6.07) is 5.90. The number of rotatable bonds is 1. The quantitative estimate of drug-likeness (QED) is 0.654. The first-order valence-corrected chi connectivity index (χ1v) is 4.29. The molecular weight excluding hydrogens is 164 g/mol. The van der Waals surface area contributed by atoms with Gasteiger partial charge in [0.2, 0.25) is 0 Å². The molecule has 1 aromatic rings. The molecule has 1 aliphatic rings. The molecule has 0 saturated carbocycles. The molecule has 0 radical (unpaired) electrons. The van der Waals surface area contributed by atoms with Gasteiger partial charge < -0.3 is 9.47 Å². The largest absolute Gasteiger partial charge is 0.497 e. The minimum absolute atomic E-state index is 0.659. The third-order valence-corrected chi connectivity index (χ3v) is 2.24. The van der Waals surface area contributed by atoms with Gasteiger partial charge in [0.15, 0.2) is 0 Å². The molecule has 0 spiro atoms. The van der Waals surface area contributed by atoms with E-state index in [1.165, 1.54) is 5.57 Å². The first-order valence-electron chi connectivity index (χ1n) is 4.29. The van der Waals surface area contributed by atoms with Gasteiger partial charge in [-0.3, -0.25) is 0 Å². The molecule has 0 saturated heterocycles. The van der Waals surface area contributed by atoms with Gasteiger partial charge in [-0.05, 0) is 30.7 Å². The molecule has 68 valence electrons. The van der Waals surface area contributed by atoms with Gasteiger partial charge in [-0.15, -0.1) is 0 Å². The third-order valence-electron chi connectivity index (χ3n) is 2.24. The van der Waals surface area contributed by atoms with Crippen molar-refractivity contribution in [2.24, 2.45) is 0 Å². The molecule has 1 aliphatic heterocycles. The zero-order valence-electron chi connectivity index (χ0n) is 7.83. The maximum Gasteiger partial charge on any atom is 0.130 e. The van der Waals surface area contributed by atoms with Crippen molar-refractivity contribution >= 4 is 5.57 Å². The van der Waals surface area contributed by atoms with E-state index in [2.05, 4.69) is 13.0 Å². The Hall–Kier alpha value is -1.44. The van der Waals surface area contributed by atoms with Crippen LogP contribution in [0.3, 0.4) is 0 Å². The molecule has 2 nitrogen and oxygen atoms in total. The zero-order chi connectivity index (χ0) is 9.26. The molecule has 2 rings (SSSR count). The van der Waals surface area contributed by atoms with Crippen molar-refractivity contribution in [2.45, 2.75) is 6.92 Å². The highest BCUT2D eigenvalue weighted by atomic mass is 16.5. The Morgan fingerprint density at radius 3 is 3.00 bits per heavy atom. The molecule has 0 bridgehead atoms. The fourth-order valence-corrected chi connectivity index (χ4v) is 1.44. The van der Waals surface area contributed by atoms with E-state index in [-0.39, 0.29) is 0 Å². The molecular formula is C11H12O2. The summed E-state index contributed by atoms with van der Waals surface area (Å²) in [5.74, 6) is 1.76. The van der Waals surface area contributed by atoms with E-state index in [0.29, 0.717) is 6.61 Å². The lowest BCUT2D eigenvalue weighted by Gasteiger charge is -2.16. The Morgan fingerprint density at radius 2 is 2.23 bits per heavy atom. The normalized spacial score (nSPS) is 14.2. The van der Waals surface area contributed by atoms with Crippen LogP contribution in [0.1, 0.15) is 12.5 Å². The van der Waals surface area contributed by atoms with E-state index in [1.54, 1.807) is 7.11 Å². The maximum atomic E-state index is 5.48. The predicted molar refractivity (Wildman–Crippen MR) is 52.1 cm³/mol. The van der Waals surface area contributed by atoms with Crippen molar-refractivity contribution in [3.63, 3.8) is 0 Å². The number of ether oxygens (including phenoxy) is 2. The summed E-state index contributed by atoms with van der Waals surface area (Å²) >= 11 is 0. The predicted octanol–water partition coefficient (Wildman–Crippen LogP) is 2.49. The van der Waals surface area contributed by atoms with Gasteiger partial charge in [0, 0.05) is 11.6 Å². The van der Waals surface area contributed by atoms with Crippen molar-refractivity contribution in [2.75, 3.05) is 13.7 Å². The molecule has 0 unspecified atom stereocenters. The molecule has 13 heavy (non-hydrogen) atoms. The van der Waals surface area contributed by atoms with Crippen molar-refractivity contribution in [3.8, 4) is 11.5 Å². The first-order chi connectivity index (χ1) is 6.31. The lowest BCUT2D eigenvalue weighted by atomic mass is 10.0. The van der Waals surface area contributed by atoms with Crippen LogP contribution in [-0.2, 0) is 0 Å². The number of fused-ring (bicyclic) bond motifs is 1. The Morgan fingerprint density at radius 1 is 1.38 bits per heavy atom. The van der Waals surface area contributed by atoms with Gasteiger partial charge in [0.25, 0.3) is 0 Å². The number of benzene rings is 1. The molecule has 0 aliphatic carbocycles. The molecule has 0 N–H and O–H groups in total. The Bertz CT molecular complexity index is 353. The van der Waals surface area contributed by atoms with Crippen molar-refractivity contribution in [1.82, 2.24) is 0 Å². The molecule has 0 fully saturated rings. The summed E-state index contributed by atoms with van der Waals surface area (Å²) in [6.45, 7) is 2.75. The summed E-state index contributed by atoms with van der Waals surface area (Å²) in [7, 11) is 1.66. The number of allylic oxidation sites excluding steroid dienone is 1. The highest BCUT2D eigenvalue weighted by Crippen LogP contribution is 2.32. The third kappa shape index (κ3) is 1.39. The van der Waals surface area contributed by atoms with E-state index < -0.39 is 0 Å². The summed E-state index contributed by atoms with van der Waals surface area (Å²) < 4.78 is 10.6. The molecule has 0 aromatic heterocycles. The van der Waals surface area contributed by atoms with Crippen LogP contribution in [0.2, 0.25) is 0 Å². The van der Waals surface area contributed by atoms with Crippen LogP contribution < -0.4 is 9.47 Å². The lowest BCUT2D eigenvalue weighted by molar-refractivity contribution is 0.351. The van der Waals surface area contributed by atoms with Crippen LogP contribution in [0.15, 0.2) is 24.3 Å². The zero-order valence-corrected chi connectivity index (χ0v) is 7.83. The Balaban J connectivity index is 2.48. The fourth-order valence-electron chi connectivity index (χ4n) is 1.44. The summed E-state index contributed by atoms with van der Waals surface area (Å²) in [4.78, 5) is 0. The molecule has 1 heterocycles. The summed E-state index contributed by atoms with van der Waals surface area (Å²) in [5, 5.41) is 0. The van der Waals surface area contributed by atoms with Crippen LogP contribution in [0.4, 0.5) is 0 Å². The maximum absolute atomic E-state index is 5.48. The van der Waals surface area contributed by atoms with E-state index in [9.17, 15) is 0 Å². The monoisotopic (exact) mass is 176 g/mol. The Labute approximate surface area is 77.8 Å². The average molecular weight is 176 g/mol. The van der Waals surface area contributed by atoms with Gasteiger partial charge in [-0.1, -0.05) is 0 Å². The van der Waals surface area contributed by atoms with Crippen LogP contribution in [0.25, 0.3) is 5.57 Å². The molecule has 0 atom stereocenters. The van der Waals surface area contributed by atoms with E-state index >= 15 is 0 Å². The van der Waals surface area contributed by atoms with E-state index in [4.69, 9.17) is 9.47 Å². The van der Waals surface area contributed by atoms with Crippen LogP contribution >= 0.6 is 0 Å². The van der Waals surface area contributed by atoms with Gasteiger partial charge in [-0.25, -0.2) is 0 Å². The average Bonchev–Trinajstić information content (AvgIpc) is 2.18. The minimum atomic E-state index is 0.659. The smallest absolute Gasteiger partial charge is 0.130 e. The van der Waals surface area contributed by atoms with Crippen LogP contribution in [-0.4, -0.2) is 13.7 Å². The molecule has 1 aromatic carbocycles. The topological polar surface area (TPSA) is 18.5 Å². The highest BCUT2D eigenvalue weighted by molar-refractivity contribution is 5.71. The Kier molecular flexibility index (Phi) is 1.97. The second-order valence-corrected chi connectivity index (χ2v) is 3.06. The van der Waals surface area contributed by atoms with Gasteiger partial charge in [0.05, 0.1) is 7.11 Å². The number of methoxy groups -OCH3 is 1. The second kappa shape index (κ2) is 3.13. The van der Waals surface area contributed by atoms with Crippen molar-refractivity contribution < 1.29 is 9.47 Å². The van der Waals surface area contributed by atoms with Gasteiger partial charge in [-0.2, -0.15) is 0 Å². The van der Waals surface area contributed by atoms with Crippen molar-refractivity contribution in [3.05, 3.63) is 29.8 Å².